The molecule has 1 aliphatic rings. The Hall–Kier alpha value is -1.07. The number of hydrogen-bond acceptors (Lipinski definition) is 4. The summed E-state index contributed by atoms with van der Waals surface area (Å²) < 4.78 is 19.4. The summed E-state index contributed by atoms with van der Waals surface area (Å²) in [6.07, 6.45) is 2.92. The Kier molecular flexibility index (Phi) is 5.65. The molecule has 0 spiro atoms. The van der Waals surface area contributed by atoms with Crippen molar-refractivity contribution >= 4 is 18.4 Å². The second-order valence-electron chi connectivity index (χ2n) is 5.63. The third-order valence-corrected chi connectivity index (χ3v) is 4.15. The maximum absolute atomic E-state index is 13.6. The molecule has 5 heteroatoms. The fourth-order valence-electron chi connectivity index (χ4n) is 2.40. The lowest BCUT2D eigenvalue weighted by atomic mass is 9.89. The van der Waals surface area contributed by atoms with Crippen molar-refractivity contribution in [2.45, 2.75) is 50.0 Å². The lowest BCUT2D eigenvalue weighted by Gasteiger charge is -2.35. The van der Waals surface area contributed by atoms with Crippen LogP contribution in [-0.2, 0) is 11.2 Å². The number of ketones is 1. The molecular weight excluding hydrogens is 289 g/mol. The van der Waals surface area contributed by atoms with Crippen molar-refractivity contribution in [2.24, 2.45) is 0 Å². The predicted octanol–water partition coefficient (Wildman–Crippen LogP) is 2.77. The van der Waals surface area contributed by atoms with E-state index < -0.39 is 0 Å². The molecule has 1 atom stereocenters. The van der Waals surface area contributed by atoms with Gasteiger partial charge in [-0.05, 0) is 50.9 Å². The first-order valence-corrected chi connectivity index (χ1v) is 7.83. The van der Waals surface area contributed by atoms with Crippen molar-refractivity contribution in [3.05, 3.63) is 29.6 Å². The van der Waals surface area contributed by atoms with Gasteiger partial charge in [-0.15, -0.1) is 0 Å². The molecule has 1 aliphatic carbocycles. The first kappa shape index (κ1) is 16.3. The number of aryl methyl sites for hydroxylation is 1. The fraction of sp³-hybridized carbons (Fsp3) is 0.562. The summed E-state index contributed by atoms with van der Waals surface area (Å²) in [5.74, 6) is 0.301. The molecule has 0 saturated heterocycles. The molecule has 0 radical (unpaired) electrons. The number of nitrogens with one attached hydrogen (secondary N) is 1. The molecule has 3 nitrogen and oxygen atoms in total. The van der Waals surface area contributed by atoms with Crippen molar-refractivity contribution in [3.63, 3.8) is 0 Å². The van der Waals surface area contributed by atoms with Gasteiger partial charge in [-0.1, -0.05) is 0 Å². The number of carbonyl (C=O) groups excluding carboxylic acids is 1. The summed E-state index contributed by atoms with van der Waals surface area (Å²) in [6, 6.07) is 5.18. The number of rotatable bonds is 7. The molecule has 0 aromatic heterocycles. The van der Waals surface area contributed by atoms with Crippen LogP contribution in [0.5, 0.6) is 5.75 Å². The SMILES string of the molecule is CNC1CC(Oc2cc(F)cc(CCC(=O)C(C)S)c2)C1. The molecule has 1 saturated carbocycles. The predicted molar refractivity (Wildman–Crippen MR) is 84.7 cm³/mol. The summed E-state index contributed by atoms with van der Waals surface area (Å²) in [5.41, 5.74) is 0.789. The summed E-state index contributed by atoms with van der Waals surface area (Å²) in [4.78, 5) is 11.6. The smallest absolute Gasteiger partial charge is 0.145 e. The summed E-state index contributed by atoms with van der Waals surface area (Å²) in [5, 5.41) is 2.91. The lowest BCUT2D eigenvalue weighted by molar-refractivity contribution is -0.118. The highest BCUT2D eigenvalue weighted by molar-refractivity contribution is 7.81. The van der Waals surface area contributed by atoms with Crippen molar-refractivity contribution in [2.75, 3.05) is 7.05 Å². The van der Waals surface area contributed by atoms with Gasteiger partial charge in [-0.25, -0.2) is 4.39 Å². The van der Waals surface area contributed by atoms with Gasteiger partial charge in [0.2, 0.25) is 0 Å². The number of halogens is 1. The molecule has 0 heterocycles. The van der Waals surface area contributed by atoms with Crippen LogP contribution < -0.4 is 10.1 Å². The molecule has 0 amide bonds. The summed E-state index contributed by atoms with van der Waals surface area (Å²) >= 11 is 4.11. The Morgan fingerprint density at radius 1 is 1.48 bits per heavy atom. The Morgan fingerprint density at radius 3 is 2.81 bits per heavy atom. The van der Waals surface area contributed by atoms with Crippen LogP contribution in [0.3, 0.4) is 0 Å². The molecular formula is C16H22FNO2S. The van der Waals surface area contributed by atoms with Crippen LogP contribution in [0, 0.1) is 5.82 Å². The largest absolute Gasteiger partial charge is 0.490 e. The third-order valence-electron chi connectivity index (χ3n) is 3.86. The van der Waals surface area contributed by atoms with Crippen molar-refractivity contribution < 1.29 is 13.9 Å². The van der Waals surface area contributed by atoms with Gasteiger partial charge in [0, 0.05) is 18.5 Å². The van der Waals surface area contributed by atoms with Crippen LogP contribution in [0.2, 0.25) is 0 Å². The summed E-state index contributed by atoms with van der Waals surface area (Å²) in [7, 11) is 1.93. The normalized spacial score (nSPS) is 22.5. The zero-order valence-corrected chi connectivity index (χ0v) is 13.3. The van der Waals surface area contributed by atoms with E-state index in [0.717, 1.165) is 18.4 Å². The standard InChI is InChI=1S/C16H22FNO2S/c1-10(21)16(19)4-3-11-5-12(17)7-14(6-11)20-15-8-13(9-15)18-2/h5-7,10,13,15,18,21H,3-4,8-9H2,1-2H3. The van der Waals surface area contributed by atoms with E-state index >= 15 is 0 Å². The quantitative estimate of drug-likeness (QED) is 0.761. The zero-order valence-electron chi connectivity index (χ0n) is 12.4. The highest BCUT2D eigenvalue weighted by atomic mass is 32.1. The van der Waals surface area contributed by atoms with E-state index in [1.54, 1.807) is 6.92 Å². The van der Waals surface area contributed by atoms with E-state index in [1.165, 1.54) is 12.1 Å². The van der Waals surface area contributed by atoms with Gasteiger partial charge < -0.3 is 10.1 Å². The van der Waals surface area contributed by atoms with Crippen LogP contribution >= 0.6 is 12.6 Å². The molecule has 0 bridgehead atoms. The Morgan fingerprint density at radius 2 is 2.19 bits per heavy atom. The molecule has 116 valence electrons. The van der Waals surface area contributed by atoms with Crippen LogP contribution in [0.15, 0.2) is 18.2 Å². The zero-order chi connectivity index (χ0) is 15.4. The first-order chi connectivity index (χ1) is 9.97. The molecule has 1 aromatic carbocycles. The molecule has 21 heavy (non-hydrogen) atoms. The average molecular weight is 311 g/mol. The van der Waals surface area contributed by atoms with Crippen molar-refractivity contribution in [1.29, 1.82) is 0 Å². The Labute approximate surface area is 130 Å². The third kappa shape index (κ3) is 4.71. The number of Topliss-reactive ketones (excluding diaryl/α,β-unsaturated/α-hetero) is 1. The second-order valence-corrected chi connectivity index (χ2v) is 6.41. The molecule has 1 N–H and O–H groups in total. The van der Waals surface area contributed by atoms with E-state index in [-0.39, 0.29) is 23.0 Å². The minimum absolute atomic E-state index is 0.0703. The maximum Gasteiger partial charge on any atom is 0.145 e. The van der Waals surface area contributed by atoms with Gasteiger partial charge in [0.05, 0.1) is 5.25 Å². The number of hydrogen-bond donors (Lipinski definition) is 2. The second kappa shape index (κ2) is 7.27. The average Bonchev–Trinajstić information content (AvgIpc) is 2.39. The van der Waals surface area contributed by atoms with Crippen LogP contribution in [0.4, 0.5) is 4.39 Å². The van der Waals surface area contributed by atoms with Crippen molar-refractivity contribution in [1.82, 2.24) is 5.32 Å². The maximum atomic E-state index is 13.6. The summed E-state index contributed by atoms with van der Waals surface area (Å²) in [6.45, 7) is 1.75. The van der Waals surface area contributed by atoms with E-state index in [2.05, 4.69) is 17.9 Å². The monoisotopic (exact) mass is 311 g/mol. The van der Waals surface area contributed by atoms with Gasteiger partial charge >= 0.3 is 0 Å². The molecule has 1 unspecified atom stereocenters. The molecule has 2 rings (SSSR count). The van der Waals surface area contributed by atoms with Crippen LogP contribution in [0.1, 0.15) is 31.7 Å². The van der Waals surface area contributed by atoms with Gasteiger partial charge in [-0.3, -0.25) is 4.79 Å². The number of carbonyl (C=O) groups is 1. The minimum Gasteiger partial charge on any atom is -0.490 e. The van der Waals surface area contributed by atoms with Crippen molar-refractivity contribution in [3.8, 4) is 5.75 Å². The van der Waals surface area contributed by atoms with E-state index in [4.69, 9.17) is 4.74 Å². The van der Waals surface area contributed by atoms with Gasteiger partial charge in [0.25, 0.3) is 0 Å². The number of benzene rings is 1. The highest BCUT2D eigenvalue weighted by Crippen LogP contribution is 2.27. The fourth-order valence-corrected chi connectivity index (χ4v) is 2.53. The lowest BCUT2D eigenvalue weighted by Crippen LogP contribution is -2.45. The Bertz CT molecular complexity index is 501. The van der Waals surface area contributed by atoms with Crippen LogP contribution in [-0.4, -0.2) is 30.2 Å². The van der Waals surface area contributed by atoms with Crippen LogP contribution in [0.25, 0.3) is 0 Å². The van der Waals surface area contributed by atoms with E-state index in [9.17, 15) is 9.18 Å². The minimum atomic E-state index is -0.321. The molecule has 1 fully saturated rings. The molecule has 1 aromatic rings. The van der Waals surface area contributed by atoms with E-state index in [0.29, 0.717) is 24.6 Å². The van der Waals surface area contributed by atoms with Gasteiger partial charge in [0.15, 0.2) is 0 Å². The molecule has 0 aliphatic heterocycles. The number of ether oxygens (including phenoxy) is 1. The topological polar surface area (TPSA) is 38.3 Å². The Balaban J connectivity index is 1.92. The number of thiol groups is 1. The van der Waals surface area contributed by atoms with Gasteiger partial charge in [0.1, 0.15) is 23.5 Å². The first-order valence-electron chi connectivity index (χ1n) is 7.32. The van der Waals surface area contributed by atoms with Gasteiger partial charge in [-0.2, -0.15) is 12.6 Å². The van der Waals surface area contributed by atoms with E-state index in [1.807, 2.05) is 13.1 Å². The highest BCUT2D eigenvalue weighted by Gasteiger charge is 2.29.